The lowest BCUT2D eigenvalue weighted by Gasteiger charge is -2.10. The summed E-state index contributed by atoms with van der Waals surface area (Å²) < 4.78 is 0. The van der Waals surface area contributed by atoms with Gasteiger partial charge in [-0.3, -0.25) is 0 Å². The smallest absolute Gasteiger partial charge is 0.116 e. The van der Waals surface area contributed by atoms with E-state index in [0.29, 0.717) is 0 Å². The molecule has 0 aromatic heterocycles. The van der Waals surface area contributed by atoms with Crippen molar-refractivity contribution in [2.24, 2.45) is 0 Å². The van der Waals surface area contributed by atoms with Crippen molar-refractivity contribution in [1.29, 1.82) is 0 Å². The average molecular weight is 180 g/mol. The number of hydrogen-bond donors (Lipinski definition) is 2. The van der Waals surface area contributed by atoms with Gasteiger partial charge in [-0.05, 0) is 29.7 Å². The largest absolute Gasteiger partial charge is 0.508 e. The molecule has 0 radical (unpaired) electrons. The van der Waals surface area contributed by atoms with Gasteiger partial charge in [0.2, 0.25) is 0 Å². The van der Waals surface area contributed by atoms with Gasteiger partial charge in [0.15, 0.2) is 0 Å². The van der Waals surface area contributed by atoms with Crippen molar-refractivity contribution < 1.29 is 10.2 Å². The number of phenolic OH excluding ortho intramolecular Hbond substituents is 1. The van der Waals surface area contributed by atoms with Crippen LogP contribution >= 0.6 is 0 Å². The molecule has 0 saturated heterocycles. The van der Waals surface area contributed by atoms with Crippen LogP contribution in [-0.4, -0.2) is 16.8 Å². The highest BCUT2D eigenvalue weighted by Gasteiger charge is 2.06. The van der Waals surface area contributed by atoms with E-state index in [9.17, 15) is 5.11 Å². The van der Waals surface area contributed by atoms with Crippen molar-refractivity contribution in [3.05, 3.63) is 29.3 Å². The van der Waals surface area contributed by atoms with Gasteiger partial charge in [-0.2, -0.15) is 0 Å². The van der Waals surface area contributed by atoms with E-state index < -0.39 is 0 Å². The Morgan fingerprint density at radius 3 is 2.54 bits per heavy atom. The third-order valence-electron chi connectivity index (χ3n) is 2.25. The number of hydrogen-bond acceptors (Lipinski definition) is 2. The normalized spacial score (nSPS) is 12.8. The summed E-state index contributed by atoms with van der Waals surface area (Å²) >= 11 is 0. The van der Waals surface area contributed by atoms with Crippen molar-refractivity contribution in [3.63, 3.8) is 0 Å². The van der Waals surface area contributed by atoms with Crippen LogP contribution in [0.1, 0.15) is 30.9 Å². The third kappa shape index (κ3) is 2.46. The van der Waals surface area contributed by atoms with Gasteiger partial charge in [-0.1, -0.05) is 19.9 Å². The first-order valence-electron chi connectivity index (χ1n) is 4.61. The van der Waals surface area contributed by atoms with Crippen LogP contribution in [0.3, 0.4) is 0 Å². The minimum Gasteiger partial charge on any atom is -0.508 e. The zero-order chi connectivity index (χ0) is 9.84. The van der Waals surface area contributed by atoms with Gasteiger partial charge in [0.25, 0.3) is 0 Å². The van der Waals surface area contributed by atoms with Gasteiger partial charge in [0.1, 0.15) is 5.75 Å². The Hall–Kier alpha value is -1.02. The van der Waals surface area contributed by atoms with E-state index in [1.165, 1.54) is 0 Å². The van der Waals surface area contributed by atoms with Crippen molar-refractivity contribution in [1.82, 2.24) is 0 Å². The van der Waals surface area contributed by atoms with Gasteiger partial charge >= 0.3 is 0 Å². The summed E-state index contributed by atoms with van der Waals surface area (Å²) in [5.41, 5.74) is 2.11. The highest BCUT2D eigenvalue weighted by atomic mass is 16.3. The van der Waals surface area contributed by atoms with Crippen molar-refractivity contribution in [2.75, 3.05) is 6.61 Å². The maximum absolute atomic E-state index is 9.39. The minimum atomic E-state index is 0.0948. The number of rotatable bonds is 3. The highest BCUT2D eigenvalue weighted by molar-refractivity contribution is 5.35. The van der Waals surface area contributed by atoms with Crippen LogP contribution in [0, 0.1) is 0 Å². The molecule has 2 heteroatoms. The topological polar surface area (TPSA) is 40.5 Å². The molecular weight excluding hydrogens is 164 g/mol. The quantitative estimate of drug-likeness (QED) is 0.747. The Morgan fingerprint density at radius 2 is 2.00 bits per heavy atom. The molecule has 0 aliphatic heterocycles. The van der Waals surface area contributed by atoms with E-state index in [1.54, 1.807) is 12.1 Å². The molecule has 1 rings (SSSR count). The van der Waals surface area contributed by atoms with E-state index >= 15 is 0 Å². The fourth-order valence-electron chi connectivity index (χ4n) is 1.29. The number of phenols is 1. The first-order valence-corrected chi connectivity index (χ1v) is 4.61. The van der Waals surface area contributed by atoms with Crippen LogP contribution in [0.2, 0.25) is 0 Å². The fourth-order valence-corrected chi connectivity index (χ4v) is 1.29. The Balaban J connectivity index is 3.01. The minimum absolute atomic E-state index is 0.0948. The zero-order valence-electron chi connectivity index (χ0n) is 8.12. The first-order chi connectivity index (χ1) is 6.17. The average Bonchev–Trinajstić information content (AvgIpc) is 2.15. The summed E-state index contributed by atoms with van der Waals surface area (Å²) in [6, 6.07) is 5.49. The molecule has 0 aliphatic carbocycles. The molecule has 2 nitrogen and oxygen atoms in total. The Morgan fingerprint density at radius 1 is 1.31 bits per heavy atom. The number of aliphatic hydroxyl groups excluding tert-OH is 1. The summed E-state index contributed by atoms with van der Waals surface area (Å²) in [5, 5.41) is 18.3. The van der Waals surface area contributed by atoms with E-state index in [4.69, 9.17) is 5.11 Å². The van der Waals surface area contributed by atoms with Crippen LogP contribution in [-0.2, 0) is 6.42 Å². The molecule has 2 N–H and O–H groups in total. The molecule has 1 aromatic rings. The molecule has 0 heterocycles. The number of aromatic hydroxyl groups is 1. The van der Waals surface area contributed by atoms with Gasteiger partial charge in [-0.15, -0.1) is 0 Å². The van der Waals surface area contributed by atoms with E-state index in [1.807, 2.05) is 19.9 Å². The molecule has 0 spiro atoms. The second-order valence-corrected chi connectivity index (χ2v) is 3.37. The second kappa shape index (κ2) is 4.28. The number of benzene rings is 1. The van der Waals surface area contributed by atoms with E-state index in [0.717, 1.165) is 17.5 Å². The summed E-state index contributed by atoms with van der Waals surface area (Å²) in [6.07, 6.45) is 0.902. The van der Waals surface area contributed by atoms with Crippen LogP contribution in [0.4, 0.5) is 0 Å². The van der Waals surface area contributed by atoms with Crippen molar-refractivity contribution in [2.45, 2.75) is 26.2 Å². The number of aliphatic hydroxyl groups is 1. The van der Waals surface area contributed by atoms with Gasteiger partial charge in [0, 0.05) is 12.5 Å². The maximum atomic E-state index is 9.39. The molecule has 0 saturated carbocycles. The lowest BCUT2D eigenvalue weighted by Crippen LogP contribution is -1.99. The zero-order valence-corrected chi connectivity index (χ0v) is 8.12. The molecule has 1 aromatic carbocycles. The molecule has 0 amide bonds. The Kier molecular flexibility index (Phi) is 3.32. The fraction of sp³-hybridized carbons (Fsp3) is 0.455. The summed E-state index contributed by atoms with van der Waals surface area (Å²) in [7, 11) is 0. The highest BCUT2D eigenvalue weighted by Crippen LogP contribution is 2.22. The molecule has 1 atom stereocenters. The Bertz CT molecular complexity index is 281. The predicted octanol–water partition coefficient (Wildman–Crippen LogP) is 2.05. The van der Waals surface area contributed by atoms with Crippen LogP contribution in [0.5, 0.6) is 5.75 Å². The van der Waals surface area contributed by atoms with Crippen molar-refractivity contribution in [3.8, 4) is 5.75 Å². The lowest BCUT2D eigenvalue weighted by atomic mass is 9.98. The third-order valence-corrected chi connectivity index (χ3v) is 2.25. The maximum Gasteiger partial charge on any atom is 0.116 e. The molecule has 13 heavy (non-hydrogen) atoms. The lowest BCUT2D eigenvalue weighted by molar-refractivity contribution is 0.273. The molecule has 0 aliphatic rings. The summed E-state index contributed by atoms with van der Waals surface area (Å²) in [4.78, 5) is 0. The molecule has 0 bridgehead atoms. The molecular formula is C11H16O2. The van der Waals surface area contributed by atoms with Crippen LogP contribution < -0.4 is 0 Å². The van der Waals surface area contributed by atoms with Gasteiger partial charge < -0.3 is 10.2 Å². The molecule has 72 valence electrons. The van der Waals surface area contributed by atoms with Crippen molar-refractivity contribution >= 4 is 0 Å². The van der Waals surface area contributed by atoms with E-state index in [2.05, 4.69) is 0 Å². The summed E-state index contributed by atoms with van der Waals surface area (Å²) in [6.45, 7) is 4.10. The standard InChI is InChI=1S/C11H16O2/c1-3-9-4-10(8(2)7-12)6-11(13)5-9/h4-6,8,12-13H,3,7H2,1-2H3. The molecule has 1 unspecified atom stereocenters. The monoisotopic (exact) mass is 180 g/mol. The van der Waals surface area contributed by atoms with Crippen LogP contribution in [0.25, 0.3) is 0 Å². The summed E-state index contributed by atoms with van der Waals surface area (Å²) in [5.74, 6) is 0.382. The Labute approximate surface area is 78.8 Å². The first kappa shape index (κ1) is 10.1. The number of aryl methyl sites for hydroxylation is 1. The SMILES string of the molecule is CCc1cc(O)cc(C(C)CO)c1. The predicted molar refractivity (Wildman–Crippen MR) is 53.0 cm³/mol. The van der Waals surface area contributed by atoms with Gasteiger partial charge in [-0.25, -0.2) is 0 Å². The van der Waals surface area contributed by atoms with Gasteiger partial charge in [0.05, 0.1) is 0 Å². The molecule has 0 fully saturated rings. The second-order valence-electron chi connectivity index (χ2n) is 3.37. The van der Waals surface area contributed by atoms with E-state index in [-0.39, 0.29) is 18.3 Å². The van der Waals surface area contributed by atoms with Crippen LogP contribution in [0.15, 0.2) is 18.2 Å².